The molecule has 0 unspecified atom stereocenters. The molecule has 0 aliphatic carbocycles. The number of nitrogens with zero attached hydrogens (tertiary/aromatic N) is 6. The van der Waals surface area contributed by atoms with E-state index >= 15 is 0 Å². The fraction of sp³-hybridized carbons (Fsp3) is 0.429. The zero-order valence-corrected chi connectivity index (χ0v) is 17.2. The summed E-state index contributed by atoms with van der Waals surface area (Å²) in [5.74, 6) is 1.87. The molecule has 4 rings (SSSR count). The molecular formula is C21H25N7O2. The van der Waals surface area contributed by atoms with Gasteiger partial charge in [0.05, 0.1) is 0 Å². The molecule has 3 aromatic rings. The predicted molar refractivity (Wildman–Crippen MR) is 110 cm³/mol. The summed E-state index contributed by atoms with van der Waals surface area (Å²) in [6.45, 7) is 5.75. The molecule has 0 atom stereocenters. The number of aromatic amines is 1. The normalized spacial score (nSPS) is 13.9. The Labute approximate surface area is 174 Å². The topological polar surface area (TPSA) is 110 Å². The van der Waals surface area contributed by atoms with E-state index in [4.69, 9.17) is 0 Å². The van der Waals surface area contributed by atoms with Gasteiger partial charge in [-0.15, -0.1) is 10.2 Å². The van der Waals surface area contributed by atoms with E-state index in [2.05, 4.69) is 43.6 Å². The number of nitrogens with one attached hydrogen (secondary N) is 1. The van der Waals surface area contributed by atoms with E-state index in [1.807, 2.05) is 18.3 Å². The highest BCUT2D eigenvalue weighted by molar-refractivity contribution is 5.92. The van der Waals surface area contributed by atoms with Crippen molar-refractivity contribution in [2.75, 3.05) is 13.1 Å². The zero-order chi connectivity index (χ0) is 21.1. The number of amides is 1. The number of hydrogen-bond donors (Lipinski definition) is 1. The Morgan fingerprint density at radius 2 is 2.10 bits per heavy atom. The Morgan fingerprint density at radius 1 is 1.23 bits per heavy atom. The van der Waals surface area contributed by atoms with Crippen LogP contribution in [0, 0.1) is 5.92 Å². The second kappa shape index (κ2) is 8.56. The van der Waals surface area contributed by atoms with Gasteiger partial charge < -0.3 is 14.5 Å². The Bertz CT molecular complexity index is 1090. The Kier molecular flexibility index (Phi) is 5.69. The van der Waals surface area contributed by atoms with Gasteiger partial charge in [-0.05, 0) is 30.0 Å². The van der Waals surface area contributed by atoms with Crippen molar-refractivity contribution >= 4 is 5.91 Å². The molecule has 0 bridgehead atoms. The maximum atomic E-state index is 13.0. The van der Waals surface area contributed by atoms with Crippen LogP contribution in [0.25, 0.3) is 0 Å². The van der Waals surface area contributed by atoms with Crippen molar-refractivity contribution in [3.63, 3.8) is 0 Å². The quantitative estimate of drug-likeness (QED) is 0.682. The predicted octanol–water partition coefficient (Wildman–Crippen LogP) is 1.24. The lowest BCUT2D eigenvalue weighted by Gasteiger charge is -2.20. The summed E-state index contributed by atoms with van der Waals surface area (Å²) in [6, 6.07) is 5.61. The summed E-state index contributed by atoms with van der Waals surface area (Å²) in [5.41, 5.74) is 1.51. The average molecular weight is 407 g/mol. The molecule has 0 fully saturated rings. The highest BCUT2D eigenvalue weighted by Crippen LogP contribution is 2.15. The van der Waals surface area contributed by atoms with Gasteiger partial charge in [0.25, 0.3) is 5.91 Å². The van der Waals surface area contributed by atoms with Crippen LogP contribution in [-0.2, 0) is 25.8 Å². The molecule has 0 saturated heterocycles. The van der Waals surface area contributed by atoms with Crippen LogP contribution in [0.1, 0.15) is 47.2 Å². The summed E-state index contributed by atoms with van der Waals surface area (Å²) in [6.07, 6.45) is 5.50. The summed E-state index contributed by atoms with van der Waals surface area (Å²) < 4.78 is 2.08. The van der Waals surface area contributed by atoms with Crippen LogP contribution in [0.2, 0.25) is 0 Å². The number of pyridine rings is 1. The molecule has 3 aromatic heterocycles. The number of fused-ring (bicyclic) bond motifs is 1. The van der Waals surface area contributed by atoms with Crippen LogP contribution in [0.3, 0.4) is 0 Å². The smallest absolute Gasteiger partial charge is 0.335 e. The van der Waals surface area contributed by atoms with Gasteiger partial charge in [-0.25, -0.2) is 4.79 Å². The third-order valence-corrected chi connectivity index (χ3v) is 5.12. The summed E-state index contributed by atoms with van der Waals surface area (Å²) in [4.78, 5) is 37.5. The summed E-state index contributed by atoms with van der Waals surface area (Å²) in [5, 5.41) is 8.66. The second-order valence-electron chi connectivity index (χ2n) is 7.96. The van der Waals surface area contributed by atoms with Crippen molar-refractivity contribution in [2.24, 2.45) is 5.92 Å². The summed E-state index contributed by atoms with van der Waals surface area (Å²) in [7, 11) is 0. The van der Waals surface area contributed by atoms with Gasteiger partial charge in [0.1, 0.15) is 17.3 Å². The molecule has 30 heavy (non-hydrogen) atoms. The lowest BCUT2D eigenvalue weighted by atomic mass is 10.1. The van der Waals surface area contributed by atoms with Crippen LogP contribution < -0.4 is 5.69 Å². The molecule has 0 radical (unpaired) electrons. The molecule has 0 aromatic carbocycles. The monoisotopic (exact) mass is 407 g/mol. The summed E-state index contributed by atoms with van der Waals surface area (Å²) >= 11 is 0. The van der Waals surface area contributed by atoms with E-state index in [9.17, 15) is 9.59 Å². The molecule has 1 aliphatic heterocycles. The first-order valence-electron chi connectivity index (χ1n) is 10.2. The third kappa shape index (κ3) is 4.45. The average Bonchev–Trinajstić information content (AvgIpc) is 2.96. The fourth-order valence-corrected chi connectivity index (χ4v) is 3.73. The Hall–Kier alpha value is -3.36. The van der Waals surface area contributed by atoms with Crippen LogP contribution in [0.4, 0.5) is 0 Å². The van der Waals surface area contributed by atoms with Gasteiger partial charge in [0.2, 0.25) is 0 Å². The van der Waals surface area contributed by atoms with Gasteiger partial charge >= 0.3 is 5.69 Å². The molecule has 156 valence electrons. The number of carbonyl (C=O) groups is 1. The first-order chi connectivity index (χ1) is 14.5. The molecule has 4 heterocycles. The third-order valence-electron chi connectivity index (χ3n) is 5.12. The first kappa shape index (κ1) is 19.9. The van der Waals surface area contributed by atoms with Crippen molar-refractivity contribution in [3.8, 4) is 0 Å². The van der Waals surface area contributed by atoms with E-state index in [0.717, 1.165) is 22.9 Å². The van der Waals surface area contributed by atoms with E-state index in [-0.39, 0.29) is 11.6 Å². The standard InChI is InChI=1S/C21H25N7O2/c1-14(2)10-16-12-17(24-21(30)23-16)20(29)27-7-5-18-25-26-19(28(18)9-8-27)11-15-4-3-6-22-13-15/h3-4,6,12-14H,5,7-11H2,1-2H3,(H,23,24,30). The van der Waals surface area contributed by atoms with E-state index in [1.54, 1.807) is 17.2 Å². The second-order valence-corrected chi connectivity index (χ2v) is 7.96. The minimum Gasteiger partial charge on any atom is -0.335 e. The van der Waals surface area contributed by atoms with Gasteiger partial charge in [0.15, 0.2) is 0 Å². The van der Waals surface area contributed by atoms with Crippen molar-refractivity contribution in [2.45, 2.75) is 39.7 Å². The largest absolute Gasteiger partial charge is 0.345 e. The lowest BCUT2D eigenvalue weighted by Crippen LogP contribution is -2.35. The van der Waals surface area contributed by atoms with Gasteiger partial charge in [-0.1, -0.05) is 19.9 Å². The molecule has 1 aliphatic rings. The highest BCUT2D eigenvalue weighted by Gasteiger charge is 2.24. The first-order valence-corrected chi connectivity index (χ1v) is 10.2. The molecule has 1 N–H and O–H groups in total. The molecule has 0 saturated carbocycles. The fourth-order valence-electron chi connectivity index (χ4n) is 3.73. The van der Waals surface area contributed by atoms with E-state index in [1.165, 1.54) is 0 Å². The molecule has 0 spiro atoms. The Balaban J connectivity index is 1.50. The molecule has 9 nitrogen and oxygen atoms in total. The number of aromatic nitrogens is 6. The minimum absolute atomic E-state index is 0.197. The maximum Gasteiger partial charge on any atom is 0.345 e. The Morgan fingerprint density at radius 3 is 2.87 bits per heavy atom. The van der Waals surface area contributed by atoms with Crippen molar-refractivity contribution < 1.29 is 4.79 Å². The van der Waals surface area contributed by atoms with Gasteiger partial charge in [-0.3, -0.25) is 9.78 Å². The van der Waals surface area contributed by atoms with E-state index < -0.39 is 5.69 Å². The van der Waals surface area contributed by atoms with Gasteiger partial charge in [-0.2, -0.15) is 4.98 Å². The number of carbonyl (C=O) groups excluding carboxylic acids is 1. The number of hydrogen-bond acceptors (Lipinski definition) is 6. The van der Waals surface area contributed by atoms with Gasteiger partial charge in [0, 0.05) is 50.6 Å². The molecular weight excluding hydrogens is 382 g/mol. The minimum atomic E-state index is -0.484. The SMILES string of the molecule is CC(C)Cc1cc(C(=O)N2CCc3nnc(Cc4cccnc4)n3CC2)nc(=O)[nH]1. The zero-order valence-electron chi connectivity index (χ0n) is 17.2. The van der Waals surface area contributed by atoms with Crippen molar-refractivity contribution in [1.82, 2.24) is 34.6 Å². The van der Waals surface area contributed by atoms with Crippen molar-refractivity contribution in [3.05, 3.63) is 69.7 Å². The molecule has 9 heteroatoms. The van der Waals surface area contributed by atoms with Crippen LogP contribution in [-0.4, -0.2) is 53.6 Å². The van der Waals surface area contributed by atoms with Crippen LogP contribution >= 0.6 is 0 Å². The number of rotatable bonds is 5. The van der Waals surface area contributed by atoms with E-state index in [0.29, 0.717) is 44.8 Å². The van der Waals surface area contributed by atoms with Crippen LogP contribution in [0.5, 0.6) is 0 Å². The lowest BCUT2D eigenvalue weighted by molar-refractivity contribution is 0.0752. The molecule has 1 amide bonds. The van der Waals surface area contributed by atoms with Crippen LogP contribution in [0.15, 0.2) is 35.4 Å². The van der Waals surface area contributed by atoms with Crippen molar-refractivity contribution in [1.29, 1.82) is 0 Å². The maximum absolute atomic E-state index is 13.0. The highest BCUT2D eigenvalue weighted by atomic mass is 16.2. The number of H-pyrrole nitrogens is 1.